The Labute approximate surface area is 74.9 Å². The molecule has 0 radical (unpaired) electrons. The van der Waals surface area contributed by atoms with Gasteiger partial charge in [-0.25, -0.2) is 0 Å². The van der Waals surface area contributed by atoms with Crippen molar-refractivity contribution < 1.29 is 4.79 Å². The van der Waals surface area contributed by atoms with Gasteiger partial charge < -0.3 is 0 Å². The molecule has 0 heterocycles. The highest BCUT2D eigenvalue weighted by Gasteiger charge is 2.14. The van der Waals surface area contributed by atoms with Crippen molar-refractivity contribution >= 4 is 5.78 Å². The number of allylic oxidation sites excluding steroid dienone is 2. The van der Waals surface area contributed by atoms with Gasteiger partial charge in [0, 0.05) is 12.8 Å². The van der Waals surface area contributed by atoms with Crippen LogP contribution < -0.4 is 0 Å². The average molecular weight is 166 g/mol. The molecule has 0 spiro atoms. The van der Waals surface area contributed by atoms with Crippen LogP contribution in [0.15, 0.2) is 12.2 Å². The molecule has 0 aromatic rings. The molecule has 1 aliphatic rings. The van der Waals surface area contributed by atoms with E-state index in [1.165, 1.54) is 12.8 Å². The lowest BCUT2D eigenvalue weighted by molar-refractivity contribution is -0.120. The Balaban J connectivity index is 2.21. The predicted molar refractivity (Wildman–Crippen MR) is 50.9 cm³/mol. The van der Waals surface area contributed by atoms with Crippen molar-refractivity contribution in [2.45, 2.75) is 39.5 Å². The second-order valence-corrected chi connectivity index (χ2v) is 4.11. The fourth-order valence-corrected chi connectivity index (χ4v) is 1.70. The summed E-state index contributed by atoms with van der Waals surface area (Å²) in [6.07, 6.45) is 8.26. The zero-order valence-electron chi connectivity index (χ0n) is 8.05. The zero-order valence-corrected chi connectivity index (χ0v) is 8.05. The van der Waals surface area contributed by atoms with Gasteiger partial charge in [-0.3, -0.25) is 4.79 Å². The molecule has 1 atom stereocenters. The third kappa shape index (κ3) is 3.21. The van der Waals surface area contributed by atoms with Crippen LogP contribution in [0.25, 0.3) is 0 Å². The molecule has 0 aliphatic heterocycles. The Kier molecular flexibility index (Phi) is 3.51. The maximum absolute atomic E-state index is 11.4. The Morgan fingerprint density at radius 1 is 1.58 bits per heavy atom. The normalized spacial score (nSPS) is 22.1. The lowest BCUT2D eigenvalue weighted by Gasteiger charge is -2.07. The lowest BCUT2D eigenvalue weighted by Crippen LogP contribution is -2.07. The maximum Gasteiger partial charge on any atom is 0.133 e. The highest BCUT2D eigenvalue weighted by atomic mass is 16.1. The number of ketones is 1. The largest absolute Gasteiger partial charge is 0.300 e. The number of hydrogen-bond acceptors (Lipinski definition) is 1. The molecule has 0 N–H and O–H groups in total. The summed E-state index contributed by atoms with van der Waals surface area (Å²) in [5, 5.41) is 0. The Hall–Kier alpha value is -0.590. The molecule has 0 fully saturated rings. The van der Waals surface area contributed by atoms with E-state index in [1.54, 1.807) is 0 Å². The molecule has 0 aromatic heterocycles. The average Bonchev–Trinajstić information content (AvgIpc) is 2.37. The van der Waals surface area contributed by atoms with E-state index >= 15 is 0 Å². The summed E-state index contributed by atoms with van der Waals surface area (Å²) in [7, 11) is 0. The van der Waals surface area contributed by atoms with E-state index in [9.17, 15) is 4.79 Å². The molecule has 1 rings (SSSR count). The van der Waals surface area contributed by atoms with Crippen molar-refractivity contribution in [3.05, 3.63) is 12.2 Å². The highest BCUT2D eigenvalue weighted by molar-refractivity contribution is 5.79. The topological polar surface area (TPSA) is 17.1 Å². The first-order valence-electron chi connectivity index (χ1n) is 4.87. The summed E-state index contributed by atoms with van der Waals surface area (Å²) in [5.74, 6) is 1.50. The van der Waals surface area contributed by atoms with Crippen molar-refractivity contribution in [1.82, 2.24) is 0 Å². The van der Waals surface area contributed by atoms with Gasteiger partial charge in [0.25, 0.3) is 0 Å². The Morgan fingerprint density at radius 3 is 2.83 bits per heavy atom. The molecule has 1 aliphatic carbocycles. The fourth-order valence-electron chi connectivity index (χ4n) is 1.70. The summed E-state index contributed by atoms with van der Waals surface area (Å²) >= 11 is 0. The van der Waals surface area contributed by atoms with E-state index in [2.05, 4.69) is 26.0 Å². The smallest absolute Gasteiger partial charge is 0.133 e. The first-order valence-corrected chi connectivity index (χ1v) is 4.87. The Morgan fingerprint density at radius 2 is 2.33 bits per heavy atom. The molecule has 68 valence electrons. The number of hydrogen-bond donors (Lipinski definition) is 0. The fraction of sp³-hybridized carbons (Fsp3) is 0.727. The lowest BCUT2D eigenvalue weighted by atomic mass is 9.97. The van der Waals surface area contributed by atoms with E-state index in [0.717, 1.165) is 12.8 Å². The molecular formula is C11H18O. The highest BCUT2D eigenvalue weighted by Crippen LogP contribution is 2.21. The third-order valence-corrected chi connectivity index (χ3v) is 2.24. The third-order valence-electron chi connectivity index (χ3n) is 2.24. The van der Waals surface area contributed by atoms with Crippen LogP contribution in [0.2, 0.25) is 0 Å². The number of carbonyl (C=O) groups is 1. The van der Waals surface area contributed by atoms with Gasteiger partial charge in [0.1, 0.15) is 5.78 Å². The standard InChI is InChI=1S/C11H18O/c1-9(2)7-11(12)8-10-5-3-4-6-10/h3,5,9-10H,4,6-8H2,1-2H3. The molecular weight excluding hydrogens is 148 g/mol. The Bertz CT molecular complexity index is 179. The van der Waals surface area contributed by atoms with Gasteiger partial charge in [-0.2, -0.15) is 0 Å². The molecule has 0 saturated carbocycles. The van der Waals surface area contributed by atoms with Crippen molar-refractivity contribution in [3.63, 3.8) is 0 Å². The van der Waals surface area contributed by atoms with E-state index in [0.29, 0.717) is 17.6 Å². The molecule has 0 aromatic carbocycles. The minimum atomic E-state index is 0.432. The van der Waals surface area contributed by atoms with Crippen LogP contribution in [0.3, 0.4) is 0 Å². The van der Waals surface area contributed by atoms with E-state index in [-0.39, 0.29) is 0 Å². The van der Waals surface area contributed by atoms with Gasteiger partial charge in [0.15, 0.2) is 0 Å². The van der Waals surface area contributed by atoms with E-state index in [4.69, 9.17) is 0 Å². The zero-order chi connectivity index (χ0) is 8.97. The minimum Gasteiger partial charge on any atom is -0.300 e. The van der Waals surface area contributed by atoms with Crippen LogP contribution in [0.4, 0.5) is 0 Å². The van der Waals surface area contributed by atoms with Crippen LogP contribution in [0.5, 0.6) is 0 Å². The van der Waals surface area contributed by atoms with Gasteiger partial charge in [0.2, 0.25) is 0 Å². The molecule has 0 amide bonds. The minimum absolute atomic E-state index is 0.432. The number of carbonyl (C=O) groups excluding carboxylic acids is 1. The van der Waals surface area contributed by atoms with Crippen molar-refractivity contribution in [2.75, 3.05) is 0 Å². The first kappa shape index (κ1) is 9.50. The van der Waals surface area contributed by atoms with Gasteiger partial charge in [-0.05, 0) is 24.7 Å². The molecule has 0 saturated heterocycles. The summed E-state index contributed by atoms with van der Waals surface area (Å²) in [6, 6.07) is 0. The number of Topliss-reactive ketones (excluding diaryl/α,β-unsaturated/α-hetero) is 1. The monoisotopic (exact) mass is 166 g/mol. The predicted octanol–water partition coefficient (Wildman–Crippen LogP) is 2.96. The molecule has 1 unspecified atom stereocenters. The van der Waals surface area contributed by atoms with Crippen LogP contribution in [0, 0.1) is 11.8 Å². The molecule has 0 bridgehead atoms. The van der Waals surface area contributed by atoms with E-state index < -0.39 is 0 Å². The summed E-state index contributed by atoms with van der Waals surface area (Å²) < 4.78 is 0. The van der Waals surface area contributed by atoms with Gasteiger partial charge >= 0.3 is 0 Å². The van der Waals surface area contributed by atoms with Gasteiger partial charge in [-0.1, -0.05) is 26.0 Å². The van der Waals surface area contributed by atoms with Crippen molar-refractivity contribution in [3.8, 4) is 0 Å². The SMILES string of the molecule is CC(C)CC(=O)CC1C=CCC1. The molecule has 12 heavy (non-hydrogen) atoms. The van der Waals surface area contributed by atoms with Gasteiger partial charge in [0.05, 0.1) is 0 Å². The van der Waals surface area contributed by atoms with Gasteiger partial charge in [-0.15, -0.1) is 0 Å². The molecule has 1 nitrogen and oxygen atoms in total. The summed E-state index contributed by atoms with van der Waals surface area (Å²) in [5.41, 5.74) is 0. The van der Waals surface area contributed by atoms with Crippen LogP contribution in [-0.4, -0.2) is 5.78 Å². The van der Waals surface area contributed by atoms with Crippen LogP contribution >= 0.6 is 0 Å². The molecule has 1 heteroatoms. The second kappa shape index (κ2) is 4.44. The summed E-state index contributed by atoms with van der Waals surface area (Å²) in [4.78, 5) is 11.4. The van der Waals surface area contributed by atoms with Crippen molar-refractivity contribution in [2.24, 2.45) is 11.8 Å². The summed E-state index contributed by atoms with van der Waals surface area (Å²) in [6.45, 7) is 4.20. The van der Waals surface area contributed by atoms with Crippen LogP contribution in [0.1, 0.15) is 39.5 Å². The maximum atomic E-state index is 11.4. The second-order valence-electron chi connectivity index (χ2n) is 4.11. The quantitative estimate of drug-likeness (QED) is 0.587. The first-order chi connectivity index (χ1) is 5.68. The van der Waals surface area contributed by atoms with Crippen LogP contribution in [-0.2, 0) is 4.79 Å². The number of rotatable bonds is 4. The van der Waals surface area contributed by atoms with E-state index in [1.807, 2.05) is 0 Å². The van der Waals surface area contributed by atoms with Crippen molar-refractivity contribution in [1.29, 1.82) is 0 Å².